The van der Waals surface area contributed by atoms with Crippen LogP contribution in [0, 0.1) is 0 Å². The maximum atomic E-state index is 3.22. The molecule has 0 saturated heterocycles. The van der Waals surface area contributed by atoms with Crippen molar-refractivity contribution in [3.63, 3.8) is 0 Å². The zero-order valence-electron chi connectivity index (χ0n) is 1.83. The predicted octanol–water partition coefficient (Wildman–Crippen LogP) is 3.38. The van der Waals surface area contributed by atoms with E-state index >= 15 is 0 Å². The molecule has 0 aliphatic rings. The van der Waals surface area contributed by atoms with Crippen molar-refractivity contribution in [2.24, 2.45) is 0 Å². The van der Waals surface area contributed by atoms with E-state index in [1.54, 1.807) is 0 Å². The second-order valence-corrected chi connectivity index (χ2v) is 30.2. The Morgan fingerprint density at radius 3 is 0.800 bits per heavy atom. The molecule has 0 bridgehead atoms. The molecule has 0 rings (SSSR count). The zero-order chi connectivity index (χ0) is 4.50. The van der Waals surface area contributed by atoms with Crippen molar-refractivity contribution in [1.29, 1.82) is 0 Å². The van der Waals surface area contributed by atoms with Crippen molar-refractivity contribution in [3.8, 4) is 0 Å². The van der Waals surface area contributed by atoms with Crippen molar-refractivity contribution in [3.05, 3.63) is 0 Å². The van der Waals surface area contributed by atoms with E-state index < -0.39 is 5.30 Å². The molecule has 38 valence electrons. The third kappa shape index (κ3) is 21.4. The second kappa shape index (κ2) is 2.66. The molecule has 0 fully saturated rings. The van der Waals surface area contributed by atoms with Gasteiger partial charge in [0.25, 0.3) is 0 Å². The quantitative estimate of drug-likeness (QED) is 0.567. The van der Waals surface area contributed by atoms with Gasteiger partial charge in [-0.25, -0.2) is 0 Å². The summed E-state index contributed by atoms with van der Waals surface area (Å²) in [5, 5.41) is -1.00. The van der Waals surface area contributed by atoms with Crippen LogP contribution in [-0.4, -0.2) is 0 Å². The van der Waals surface area contributed by atoms with Crippen LogP contribution in [0.5, 0.6) is 0 Å². The van der Waals surface area contributed by atoms with Gasteiger partial charge in [-0.1, -0.05) is 0 Å². The predicted molar refractivity (Wildman–Crippen MR) is 35.7 cm³/mol. The van der Waals surface area contributed by atoms with Crippen LogP contribution < -0.4 is 0 Å². The number of hydrogen-bond donors (Lipinski definition) is 0. The Bertz CT molecular complexity index is 19.1. The first kappa shape index (κ1) is 7.41. The minimum atomic E-state index is -1.00. The number of hydrogen-bond acceptors (Lipinski definition) is 0. The molecule has 0 amide bonds. The summed E-state index contributed by atoms with van der Waals surface area (Å²) in [5.41, 5.74) is 0. The van der Waals surface area contributed by atoms with Gasteiger partial charge in [-0.2, -0.15) is 0 Å². The van der Waals surface area contributed by atoms with Gasteiger partial charge in [-0.05, 0) is 0 Å². The summed E-state index contributed by atoms with van der Waals surface area (Å²) in [4.78, 5) is 0. The maximum absolute atomic E-state index is 3.22. The van der Waals surface area contributed by atoms with Gasteiger partial charge in [0.15, 0.2) is 0 Å². The molecule has 0 saturated carbocycles. The molecule has 0 atom stereocenters. The molecule has 0 nitrogen and oxygen atoms in total. The van der Waals surface area contributed by atoms with Crippen molar-refractivity contribution in [2.75, 3.05) is 0 Å². The van der Waals surface area contributed by atoms with Gasteiger partial charge in [0, 0.05) is 0 Å². The Labute approximate surface area is 61.3 Å². The average molecular weight is 378 g/mol. The third-order valence-corrected chi connectivity index (χ3v) is 0. The fourth-order valence-corrected chi connectivity index (χ4v) is 0. The van der Waals surface area contributed by atoms with E-state index in [-0.39, 0.29) is 0 Å². The number of halogens is 4. The fraction of sp³-hybridized carbons (Fsp3) is 0. The SMILES string of the molecule is [Br][Ni]([Br])([Br])[Br]. The van der Waals surface area contributed by atoms with Crippen LogP contribution in [-0.2, 0) is 5.30 Å². The Balaban J connectivity index is 3.02. The fourth-order valence-electron chi connectivity index (χ4n) is 0. The Morgan fingerprint density at radius 1 is 0.800 bits per heavy atom. The standard InChI is InChI=1S/4BrH.Ni/h4*1H;/q;;;;+4/p-4. The van der Waals surface area contributed by atoms with Crippen LogP contribution in [0.4, 0.5) is 0 Å². The van der Waals surface area contributed by atoms with Crippen molar-refractivity contribution < 1.29 is 5.30 Å². The second-order valence-electron chi connectivity index (χ2n) is 0.271. The van der Waals surface area contributed by atoms with E-state index in [1.807, 2.05) is 0 Å². The molecule has 5 heteroatoms. The Morgan fingerprint density at radius 2 is 0.800 bits per heavy atom. The molecule has 0 aromatic carbocycles. The molecule has 0 aromatic rings. The molecular weight excluding hydrogens is 378 g/mol. The summed E-state index contributed by atoms with van der Waals surface area (Å²) >= 11 is 12.9. The molecule has 0 N–H and O–H groups in total. The molecule has 0 radical (unpaired) electrons. The summed E-state index contributed by atoms with van der Waals surface area (Å²) in [6, 6.07) is 0. The van der Waals surface area contributed by atoms with Crippen LogP contribution in [0.25, 0.3) is 0 Å². The van der Waals surface area contributed by atoms with Crippen LogP contribution in [0.1, 0.15) is 0 Å². The van der Waals surface area contributed by atoms with Crippen molar-refractivity contribution in [1.82, 2.24) is 0 Å². The van der Waals surface area contributed by atoms with Crippen LogP contribution in [0.15, 0.2) is 0 Å². The Kier molecular flexibility index (Phi) is 3.94. The summed E-state index contributed by atoms with van der Waals surface area (Å²) in [6.45, 7) is 0. The minimum absolute atomic E-state index is 1.00. The van der Waals surface area contributed by atoms with Gasteiger partial charge in [-0.15, -0.1) is 0 Å². The Hall–Kier alpha value is 2.41. The molecule has 0 spiro atoms. The summed E-state index contributed by atoms with van der Waals surface area (Å²) < 4.78 is 0. The molecule has 0 aliphatic heterocycles. The van der Waals surface area contributed by atoms with Gasteiger partial charge < -0.3 is 0 Å². The van der Waals surface area contributed by atoms with Crippen molar-refractivity contribution in [2.45, 2.75) is 0 Å². The molecule has 5 heavy (non-hydrogen) atoms. The van der Waals surface area contributed by atoms with Gasteiger partial charge >= 0.3 is 62.2 Å². The van der Waals surface area contributed by atoms with Gasteiger partial charge in [0.05, 0.1) is 0 Å². The van der Waals surface area contributed by atoms with Crippen molar-refractivity contribution >= 4 is 56.9 Å². The van der Waals surface area contributed by atoms with Gasteiger partial charge in [-0.3, -0.25) is 0 Å². The molecular formula is Br4Ni. The van der Waals surface area contributed by atoms with E-state index in [4.69, 9.17) is 0 Å². The summed E-state index contributed by atoms with van der Waals surface area (Å²) in [6.07, 6.45) is 0. The van der Waals surface area contributed by atoms with E-state index in [0.717, 1.165) is 0 Å². The molecule has 0 unspecified atom stereocenters. The third-order valence-electron chi connectivity index (χ3n) is 0. The van der Waals surface area contributed by atoms with Crippen LogP contribution in [0.2, 0.25) is 0 Å². The van der Waals surface area contributed by atoms with Gasteiger partial charge in [0.2, 0.25) is 0 Å². The molecule has 0 heterocycles. The van der Waals surface area contributed by atoms with E-state index in [1.165, 1.54) is 0 Å². The molecule has 0 aliphatic carbocycles. The van der Waals surface area contributed by atoms with E-state index in [9.17, 15) is 0 Å². The van der Waals surface area contributed by atoms with E-state index in [0.29, 0.717) is 0 Å². The van der Waals surface area contributed by atoms with Gasteiger partial charge in [0.1, 0.15) is 0 Å². The van der Waals surface area contributed by atoms with E-state index in [2.05, 4.69) is 56.9 Å². The summed E-state index contributed by atoms with van der Waals surface area (Å²) in [7, 11) is 0. The molecule has 0 aromatic heterocycles. The topological polar surface area (TPSA) is 0 Å². The first-order valence-electron chi connectivity index (χ1n) is 0.478. The first-order chi connectivity index (χ1) is 2.00. The zero-order valence-corrected chi connectivity index (χ0v) is 9.16. The number of rotatable bonds is 0. The monoisotopic (exact) mass is 374 g/mol. The summed E-state index contributed by atoms with van der Waals surface area (Å²) in [5.74, 6) is 0. The van der Waals surface area contributed by atoms with Crippen LogP contribution in [0.3, 0.4) is 0 Å². The first-order valence-corrected chi connectivity index (χ1v) is 10.2. The van der Waals surface area contributed by atoms with Crippen LogP contribution >= 0.6 is 56.9 Å². The average Bonchev–Trinajstić information content (AvgIpc) is 0.722. The normalized spacial score (nSPS) is 15.2.